The van der Waals surface area contributed by atoms with E-state index in [0.29, 0.717) is 10.7 Å². The maximum absolute atomic E-state index is 11.9. The number of phenols is 1. The van der Waals surface area contributed by atoms with Gasteiger partial charge in [0, 0.05) is 11.8 Å². The van der Waals surface area contributed by atoms with Gasteiger partial charge in [-0.1, -0.05) is 23.7 Å². The van der Waals surface area contributed by atoms with E-state index < -0.39 is 0 Å². The molecule has 0 radical (unpaired) electrons. The molecule has 1 aromatic carbocycles. The van der Waals surface area contributed by atoms with Gasteiger partial charge in [0.25, 0.3) is 0 Å². The summed E-state index contributed by atoms with van der Waals surface area (Å²) < 4.78 is 0. The minimum Gasteiger partial charge on any atom is -0.507 e. The molecule has 0 aliphatic carbocycles. The molecule has 0 saturated heterocycles. The van der Waals surface area contributed by atoms with Crippen molar-refractivity contribution in [2.45, 2.75) is 6.92 Å². The quantitative estimate of drug-likeness (QED) is 0.528. The molecule has 0 aliphatic heterocycles. The summed E-state index contributed by atoms with van der Waals surface area (Å²) in [5.74, 6) is -0.318. The van der Waals surface area contributed by atoms with Crippen molar-refractivity contribution in [3.8, 4) is 5.75 Å². The van der Waals surface area contributed by atoms with Crippen molar-refractivity contribution in [2.75, 3.05) is 0 Å². The van der Waals surface area contributed by atoms with Crippen molar-refractivity contribution in [3.05, 3.63) is 64.4 Å². The number of allylic oxidation sites excluding steroid dienone is 1. The third kappa shape index (κ3) is 3.20. The zero-order chi connectivity index (χ0) is 13.8. The molecule has 96 valence electrons. The summed E-state index contributed by atoms with van der Waals surface area (Å²) in [4.78, 5) is 15.9. The zero-order valence-electron chi connectivity index (χ0n) is 10.3. The van der Waals surface area contributed by atoms with E-state index in [4.69, 9.17) is 11.6 Å². The smallest absolute Gasteiger partial charge is 0.189 e. The number of rotatable bonds is 3. The molecule has 0 atom stereocenters. The first-order chi connectivity index (χ1) is 9.08. The van der Waals surface area contributed by atoms with E-state index in [0.717, 1.165) is 5.56 Å². The Morgan fingerprint density at radius 3 is 2.84 bits per heavy atom. The molecule has 1 aromatic heterocycles. The third-order valence-electron chi connectivity index (χ3n) is 2.59. The Bertz CT molecular complexity index is 650. The van der Waals surface area contributed by atoms with E-state index in [-0.39, 0.29) is 17.1 Å². The van der Waals surface area contributed by atoms with Crippen LogP contribution in [-0.2, 0) is 0 Å². The van der Waals surface area contributed by atoms with E-state index in [2.05, 4.69) is 4.98 Å². The fourth-order valence-corrected chi connectivity index (χ4v) is 1.80. The van der Waals surface area contributed by atoms with Crippen LogP contribution >= 0.6 is 11.6 Å². The van der Waals surface area contributed by atoms with Crippen LogP contribution < -0.4 is 0 Å². The molecule has 0 spiro atoms. The van der Waals surface area contributed by atoms with Gasteiger partial charge >= 0.3 is 0 Å². The topological polar surface area (TPSA) is 50.2 Å². The normalized spacial score (nSPS) is 10.8. The van der Waals surface area contributed by atoms with Crippen LogP contribution in [0.1, 0.15) is 21.5 Å². The third-order valence-corrected chi connectivity index (χ3v) is 2.90. The molecule has 0 aliphatic rings. The van der Waals surface area contributed by atoms with Gasteiger partial charge in [0.15, 0.2) is 5.78 Å². The molecule has 0 saturated carbocycles. The van der Waals surface area contributed by atoms with Crippen molar-refractivity contribution in [1.82, 2.24) is 4.98 Å². The van der Waals surface area contributed by atoms with E-state index >= 15 is 0 Å². The number of halogens is 1. The van der Waals surface area contributed by atoms with Crippen molar-refractivity contribution in [1.29, 1.82) is 0 Å². The number of phenolic OH excluding ortho intramolecular Hbond substituents is 1. The Morgan fingerprint density at radius 1 is 1.37 bits per heavy atom. The number of pyridine rings is 1. The van der Waals surface area contributed by atoms with Crippen LogP contribution in [0.25, 0.3) is 6.08 Å². The van der Waals surface area contributed by atoms with Gasteiger partial charge in [-0.3, -0.25) is 4.79 Å². The van der Waals surface area contributed by atoms with Gasteiger partial charge in [-0.05, 0) is 42.8 Å². The molecule has 0 fully saturated rings. The van der Waals surface area contributed by atoms with Crippen LogP contribution in [0.2, 0.25) is 5.15 Å². The first kappa shape index (κ1) is 13.3. The number of nitrogens with zero attached hydrogens (tertiary/aromatic N) is 1. The molecule has 0 amide bonds. The lowest BCUT2D eigenvalue weighted by atomic mass is 10.1. The fourth-order valence-electron chi connectivity index (χ4n) is 1.63. The monoisotopic (exact) mass is 273 g/mol. The minimum absolute atomic E-state index is 0.0365. The maximum Gasteiger partial charge on any atom is 0.189 e. The maximum atomic E-state index is 11.9. The number of aryl methyl sites for hydroxylation is 1. The highest BCUT2D eigenvalue weighted by molar-refractivity contribution is 6.31. The average Bonchev–Trinajstić information content (AvgIpc) is 2.40. The highest BCUT2D eigenvalue weighted by atomic mass is 35.5. The molecule has 3 nitrogen and oxygen atoms in total. The fraction of sp³-hybridized carbons (Fsp3) is 0.0667. The first-order valence-electron chi connectivity index (χ1n) is 5.70. The Hall–Kier alpha value is -2.13. The molecule has 4 heteroatoms. The van der Waals surface area contributed by atoms with E-state index in [1.165, 1.54) is 12.1 Å². The Kier molecular flexibility index (Phi) is 3.97. The number of benzene rings is 1. The summed E-state index contributed by atoms with van der Waals surface area (Å²) in [5.41, 5.74) is 1.89. The lowest BCUT2D eigenvalue weighted by Gasteiger charge is -2.00. The molecular formula is C15H12ClNO2. The minimum atomic E-state index is -0.282. The van der Waals surface area contributed by atoms with Crippen molar-refractivity contribution < 1.29 is 9.90 Å². The molecular weight excluding hydrogens is 262 g/mol. The average molecular weight is 274 g/mol. The molecule has 0 bridgehead atoms. The van der Waals surface area contributed by atoms with E-state index in [9.17, 15) is 9.90 Å². The van der Waals surface area contributed by atoms with E-state index in [1.807, 2.05) is 13.0 Å². The van der Waals surface area contributed by atoms with Crippen LogP contribution in [0.15, 0.2) is 42.6 Å². The summed E-state index contributed by atoms with van der Waals surface area (Å²) >= 11 is 5.93. The molecule has 0 unspecified atom stereocenters. The number of hydrogen-bond donors (Lipinski definition) is 1. The number of ketones is 1. The summed E-state index contributed by atoms with van der Waals surface area (Å²) in [5, 5.41) is 9.92. The van der Waals surface area contributed by atoms with Crippen LogP contribution in [0.4, 0.5) is 0 Å². The predicted molar refractivity (Wildman–Crippen MR) is 75.5 cm³/mol. The number of hydrogen-bond acceptors (Lipinski definition) is 3. The van der Waals surface area contributed by atoms with Gasteiger partial charge < -0.3 is 5.11 Å². The van der Waals surface area contributed by atoms with Gasteiger partial charge in [0.1, 0.15) is 10.9 Å². The van der Waals surface area contributed by atoms with Crippen molar-refractivity contribution >= 4 is 23.5 Å². The largest absolute Gasteiger partial charge is 0.507 e. The Labute approximate surface area is 116 Å². The lowest BCUT2D eigenvalue weighted by Crippen LogP contribution is -1.94. The Morgan fingerprint density at radius 2 is 2.11 bits per heavy atom. The highest BCUT2D eigenvalue weighted by Gasteiger charge is 2.07. The van der Waals surface area contributed by atoms with Gasteiger partial charge in [-0.2, -0.15) is 0 Å². The summed E-state index contributed by atoms with van der Waals surface area (Å²) in [6, 6.07) is 8.24. The Balaban J connectivity index is 2.26. The lowest BCUT2D eigenvalue weighted by molar-refractivity contribution is 0.104. The number of aromatic hydroxyl groups is 1. The number of aromatic nitrogens is 1. The molecule has 1 N–H and O–H groups in total. The van der Waals surface area contributed by atoms with Gasteiger partial charge in [-0.25, -0.2) is 4.98 Å². The summed E-state index contributed by atoms with van der Waals surface area (Å²) in [6.45, 7) is 1.89. The first-order valence-corrected chi connectivity index (χ1v) is 6.08. The highest BCUT2D eigenvalue weighted by Crippen LogP contribution is 2.19. The molecule has 19 heavy (non-hydrogen) atoms. The second-order valence-electron chi connectivity index (χ2n) is 4.11. The number of carbonyl (C=O) groups excluding carboxylic acids is 1. The number of carbonyl (C=O) groups is 1. The van der Waals surface area contributed by atoms with Crippen LogP contribution in [0.3, 0.4) is 0 Å². The van der Waals surface area contributed by atoms with Crippen molar-refractivity contribution in [2.24, 2.45) is 0 Å². The summed E-state index contributed by atoms with van der Waals surface area (Å²) in [7, 11) is 0. The van der Waals surface area contributed by atoms with Gasteiger partial charge in [0.2, 0.25) is 0 Å². The van der Waals surface area contributed by atoms with Gasteiger partial charge in [0.05, 0.1) is 5.56 Å². The predicted octanol–water partition coefficient (Wildman–Crippen LogP) is 3.65. The van der Waals surface area contributed by atoms with Crippen LogP contribution in [0, 0.1) is 6.92 Å². The van der Waals surface area contributed by atoms with Crippen LogP contribution in [-0.4, -0.2) is 15.9 Å². The molecule has 2 rings (SSSR count). The summed E-state index contributed by atoms with van der Waals surface area (Å²) in [6.07, 6.45) is 4.62. The van der Waals surface area contributed by atoms with Gasteiger partial charge in [-0.15, -0.1) is 0 Å². The molecule has 1 heterocycles. The van der Waals surface area contributed by atoms with E-state index in [1.54, 1.807) is 30.5 Å². The van der Waals surface area contributed by atoms with Crippen molar-refractivity contribution in [3.63, 3.8) is 0 Å². The second kappa shape index (κ2) is 5.67. The second-order valence-corrected chi connectivity index (χ2v) is 4.47. The SMILES string of the molecule is Cc1cnc(Cl)c(/C=C/C(=O)c2ccccc2O)c1. The number of para-hydroxylation sites is 1. The standard InChI is InChI=1S/C15H12ClNO2/c1-10-8-11(15(16)17-9-10)6-7-14(19)12-4-2-3-5-13(12)18/h2-9,18H,1H3/b7-6+. The molecule has 2 aromatic rings. The zero-order valence-corrected chi connectivity index (χ0v) is 11.1. The van der Waals surface area contributed by atoms with Crippen LogP contribution in [0.5, 0.6) is 5.75 Å².